The monoisotopic (exact) mass is 345 g/mol. The molecule has 0 fully saturated rings. The molecule has 4 nitrogen and oxygen atoms in total. The second-order valence-electron chi connectivity index (χ2n) is 4.95. The summed E-state index contributed by atoms with van der Waals surface area (Å²) in [6.45, 7) is 0.208. The molecule has 0 spiro atoms. The van der Waals surface area contributed by atoms with Gasteiger partial charge in [0.2, 0.25) is 0 Å². The number of carbonyl (C=O) groups excluding carboxylic acids is 1. The molecule has 0 bridgehead atoms. The maximum absolute atomic E-state index is 13.1. The van der Waals surface area contributed by atoms with Gasteiger partial charge in [-0.25, -0.2) is 4.39 Å². The molecule has 1 amide bonds. The van der Waals surface area contributed by atoms with E-state index in [2.05, 4.69) is 5.32 Å². The number of hydrogen-bond donors (Lipinski definition) is 1. The summed E-state index contributed by atoms with van der Waals surface area (Å²) >= 11 is 5.68. The molecule has 1 N–H and O–H groups in total. The molecule has 1 heterocycles. The van der Waals surface area contributed by atoms with E-state index in [1.165, 1.54) is 18.2 Å². The average Bonchev–Trinajstić information content (AvgIpc) is 3.06. The zero-order chi connectivity index (χ0) is 16.9. The SMILES string of the molecule is O=C(Nc1ccc(F)c(Cl)c1)c1ccc(COc2ccccc2)o1. The maximum Gasteiger partial charge on any atom is 0.291 e. The van der Waals surface area contributed by atoms with Crippen LogP contribution in [0.2, 0.25) is 5.02 Å². The summed E-state index contributed by atoms with van der Waals surface area (Å²) in [5.74, 6) is 0.348. The summed E-state index contributed by atoms with van der Waals surface area (Å²) in [5, 5.41) is 2.52. The molecule has 0 aliphatic heterocycles. The van der Waals surface area contributed by atoms with E-state index in [-0.39, 0.29) is 17.4 Å². The normalized spacial score (nSPS) is 10.4. The lowest BCUT2D eigenvalue weighted by molar-refractivity contribution is 0.0992. The Morgan fingerprint density at radius 2 is 1.92 bits per heavy atom. The van der Waals surface area contributed by atoms with Crippen molar-refractivity contribution in [1.82, 2.24) is 0 Å². The fourth-order valence-electron chi connectivity index (χ4n) is 2.02. The van der Waals surface area contributed by atoms with Gasteiger partial charge in [-0.2, -0.15) is 0 Å². The van der Waals surface area contributed by atoms with Crippen LogP contribution < -0.4 is 10.1 Å². The first-order valence-electron chi connectivity index (χ1n) is 7.15. The largest absolute Gasteiger partial charge is 0.486 e. The number of nitrogens with one attached hydrogen (secondary N) is 1. The van der Waals surface area contributed by atoms with Crippen molar-refractivity contribution in [1.29, 1.82) is 0 Å². The fourth-order valence-corrected chi connectivity index (χ4v) is 2.20. The minimum atomic E-state index is -0.548. The lowest BCUT2D eigenvalue weighted by Crippen LogP contribution is -2.10. The second-order valence-corrected chi connectivity index (χ2v) is 5.36. The van der Waals surface area contributed by atoms with Gasteiger partial charge in [0.1, 0.15) is 23.9 Å². The Labute approximate surface area is 142 Å². The molecule has 0 aliphatic carbocycles. The molecular weight excluding hydrogens is 333 g/mol. The van der Waals surface area contributed by atoms with Crippen LogP contribution in [0.5, 0.6) is 5.75 Å². The summed E-state index contributed by atoms with van der Waals surface area (Å²) in [6, 6.07) is 16.4. The van der Waals surface area contributed by atoms with Gasteiger partial charge in [-0.05, 0) is 42.5 Å². The molecule has 24 heavy (non-hydrogen) atoms. The number of amides is 1. The van der Waals surface area contributed by atoms with Gasteiger partial charge >= 0.3 is 0 Å². The molecule has 2 aromatic carbocycles. The van der Waals surface area contributed by atoms with Crippen LogP contribution in [0.25, 0.3) is 0 Å². The summed E-state index contributed by atoms with van der Waals surface area (Å²) in [7, 11) is 0. The molecule has 0 atom stereocenters. The Hall–Kier alpha value is -2.79. The van der Waals surface area contributed by atoms with Crippen molar-refractivity contribution in [3.05, 3.63) is 83.0 Å². The number of hydrogen-bond acceptors (Lipinski definition) is 3. The summed E-state index contributed by atoms with van der Waals surface area (Å²) in [6.07, 6.45) is 0. The van der Waals surface area contributed by atoms with Crippen LogP contribution in [-0.2, 0) is 6.61 Å². The summed E-state index contributed by atoms with van der Waals surface area (Å²) in [5.41, 5.74) is 0.380. The topological polar surface area (TPSA) is 51.5 Å². The van der Waals surface area contributed by atoms with Gasteiger partial charge in [-0.15, -0.1) is 0 Å². The first kappa shape index (κ1) is 16.1. The van der Waals surface area contributed by atoms with E-state index in [9.17, 15) is 9.18 Å². The highest BCUT2D eigenvalue weighted by Crippen LogP contribution is 2.20. The number of para-hydroxylation sites is 1. The van der Waals surface area contributed by atoms with Crippen LogP contribution in [0.3, 0.4) is 0 Å². The fraction of sp³-hybridized carbons (Fsp3) is 0.0556. The lowest BCUT2D eigenvalue weighted by atomic mass is 10.3. The minimum absolute atomic E-state index is 0.0656. The predicted octanol–water partition coefficient (Wildman–Crippen LogP) is 4.90. The third-order valence-electron chi connectivity index (χ3n) is 3.19. The first-order valence-corrected chi connectivity index (χ1v) is 7.52. The van der Waals surface area contributed by atoms with Gasteiger partial charge in [0.05, 0.1) is 5.02 Å². The van der Waals surface area contributed by atoms with Gasteiger partial charge in [0.25, 0.3) is 5.91 Å². The molecule has 0 radical (unpaired) electrons. The van der Waals surface area contributed by atoms with E-state index in [0.29, 0.717) is 17.2 Å². The standard InChI is InChI=1S/C18H13ClFNO3/c19-15-10-12(6-8-16(15)20)21-18(22)17-9-7-14(24-17)11-23-13-4-2-1-3-5-13/h1-10H,11H2,(H,21,22). The van der Waals surface area contributed by atoms with Crippen LogP contribution in [0.4, 0.5) is 10.1 Å². The number of ether oxygens (including phenoxy) is 1. The Bertz CT molecular complexity index is 848. The molecule has 6 heteroatoms. The number of anilines is 1. The maximum atomic E-state index is 13.1. The van der Waals surface area contributed by atoms with Crippen molar-refractivity contribution in [3.8, 4) is 5.75 Å². The Morgan fingerprint density at radius 3 is 2.67 bits per heavy atom. The Morgan fingerprint density at radius 1 is 1.12 bits per heavy atom. The van der Waals surface area contributed by atoms with E-state index in [0.717, 1.165) is 0 Å². The quantitative estimate of drug-likeness (QED) is 0.715. The van der Waals surface area contributed by atoms with Crippen molar-refractivity contribution in [2.24, 2.45) is 0 Å². The molecular formula is C18H13ClFNO3. The van der Waals surface area contributed by atoms with Gasteiger partial charge in [-0.1, -0.05) is 29.8 Å². The molecule has 3 aromatic rings. The number of rotatable bonds is 5. The van der Waals surface area contributed by atoms with Gasteiger partial charge < -0.3 is 14.5 Å². The van der Waals surface area contributed by atoms with Gasteiger partial charge in [0, 0.05) is 5.69 Å². The highest BCUT2D eigenvalue weighted by Gasteiger charge is 2.12. The molecule has 0 saturated carbocycles. The molecule has 1 aromatic heterocycles. The van der Waals surface area contributed by atoms with E-state index >= 15 is 0 Å². The van der Waals surface area contributed by atoms with Crippen molar-refractivity contribution in [3.63, 3.8) is 0 Å². The second kappa shape index (κ2) is 7.19. The van der Waals surface area contributed by atoms with Crippen molar-refractivity contribution >= 4 is 23.2 Å². The van der Waals surface area contributed by atoms with Crippen molar-refractivity contribution < 1.29 is 18.3 Å². The lowest BCUT2D eigenvalue weighted by Gasteiger charge is -2.05. The molecule has 3 rings (SSSR count). The van der Waals surface area contributed by atoms with Gasteiger partial charge in [-0.3, -0.25) is 4.79 Å². The van der Waals surface area contributed by atoms with E-state index < -0.39 is 11.7 Å². The summed E-state index contributed by atoms with van der Waals surface area (Å²) in [4.78, 5) is 12.1. The number of furan rings is 1. The molecule has 0 unspecified atom stereocenters. The van der Waals surface area contributed by atoms with Crippen LogP contribution in [0.15, 0.2) is 65.1 Å². The predicted molar refractivity (Wildman–Crippen MR) is 88.8 cm³/mol. The number of carbonyl (C=O) groups is 1. The molecule has 122 valence electrons. The van der Waals surface area contributed by atoms with E-state index in [4.69, 9.17) is 20.8 Å². The minimum Gasteiger partial charge on any atom is -0.486 e. The number of halogens is 2. The summed E-state index contributed by atoms with van der Waals surface area (Å²) < 4.78 is 24.1. The van der Waals surface area contributed by atoms with Gasteiger partial charge in [0.15, 0.2) is 5.76 Å². The van der Waals surface area contributed by atoms with Crippen LogP contribution in [0, 0.1) is 5.82 Å². The molecule has 0 aliphatic rings. The highest BCUT2D eigenvalue weighted by atomic mass is 35.5. The van der Waals surface area contributed by atoms with E-state index in [1.807, 2.05) is 30.3 Å². The Kier molecular flexibility index (Phi) is 4.82. The third-order valence-corrected chi connectivity index (χ3v) is 3.48. The molecule has 0 saturated heterocycles. The first-order chi connectivity index (χ1) is 11.6. The zero-order valence-corrected chi connectivity index (χ0v) is 13.2. The van der Waals surface area contributed by atoms with Crippen LogP contribution in [0.1, 0.15) is 16.3 Å². The van der Waals surface area contributed by atoms with Crippen LogP contribution in [-0.4, -0.2) is 5.91 Å². The third kappa shape index (κ3) is 3.94. The van der Waals surface area contributed by atoms with E-state index in [1.54, 1.807) is 12.1 Å². The highest BCUT2D eigenvalue weighted by molar-refractivity contribution is 6.31. The van der Waals surface area contributed by atoms with Crippen LogP contribution >= 0.6 is 11.6 Å². The van der Waals surface area contributed by atoms with Crippen molar-refractivity contribution in [2.75, 3.05) is 5.32 Å². The zero-order valence-electron chi connectivity index (χ0n) is 12.5. The smallest absolute Gasteiger partial charge is 0.291 e. The van der Waals surface area contributed by atoms with Crippen molar-refractivity contribution in [2.45, 2.75) is 6.61 Å². The Balaban J connectivity index is 1.62. The number of benzene rings is 2. The average molecular weight is 346 g/mol.